The van der Waals surface area contributed by atoms with Crippen molar-refractivity contribution in [1.82, 2.24) is 5.32 Å². The van der Waals surface area contributed by atoms with Crippen LogP contribution in [0.1, 0.15) is 33.1 Å². The number of hydrogen-bond donors (Lipinski definition) is 1. The first-order valence-corrected chi connectivity index (χ1v) is 7.74. The number of methoxy groups -OCH3 is 1. The average Bonchev–Trinajstić information content (AvgIpc) is 2.26. The standard InChI is InChI=1S/C11H21NO4S/c1-4-9(2)12-11(10(13)16-3)6-5-7-17(14,15)8-11/h9,12H,4-8H2,1-3H3. The maximum atomic E-state index is 11.9. The van der Waals surface area contributed by atoms with Gasteiger partial charge in [-0.05, 0) is 26.2 Å². The molecule has 1 N–H and O–H groups in total. The maximum Gasteiger partial charge on any atom is 0.327 e. The number of carbonyl (C=O) groups is 1. The van der Waals surface area contributed by atoms with Gasteiger partial charge in [-0.2, -0.15) is 0 Å². The molecule has 5 nitrogen and oxygen atoms in total. The van der Waals surface area contributed by atoms with Gasteiger partial charge in [0.05, 0.1) is 18.6 Å². The van der Waals surface area contributed by atoms with Crippen LogP contribution in [0.25, 0.3) is 0 Å². The molecule has 0 amide bonds. The minimum Gasteiger partial charge on any atom is -0.468 e. The summed E-state index contributed by atoms with van der Waals surface area (Å²) in [6.07, 6.45) is 1.85. The summed E-state index contributed by atoms with van der Waals surface area (Å²) in [5.74, 6) is -0.466. The summed E-state index contributed by atoms with van der Waals surface area (Å²) in [6, 6.07) is 0.0856. The Morgan fingerprint density at radius 1 is 1.53 bits per heavy atom. The Morgan fingerprint density at radius 3 is 2.65 bits per heavy atom. The fourth-order valence-corrected chi connectivity index (χ4v) is 4.04. The van der Waals surface area contributed by atoms with Crippen LogP contribution < -0.4 is 5.32 Å². The maximum absolute atomic E-state index is 11.9. The van der Waals surface area contributed by atoms with Crippen molar-refractivity contribution in [1.29, 1.82) is 0 Å². The van der Waals surface area contributed by atoms with Gasteiger partial charge >= 0.3 is 5.97 Å². The van der Waals surface area contributed by atoms with Crippen molar-refractivity contribution in [3.8, 4) is 0 Å². The number of sulfone groups is 1. The Bertz CT molecular complexity index is 379. The highest BCUT2D eigenvalue weighted by atomic mass is 32.2. The van der Waals surface area contributed by atoms with Gasteiger partial charge in [0.1, 0.15) is 5.54 Å². The van der Waals surface area contributed by atoms with Gasteiger partial charge in [-0.1, -0.05) is 6.92 Å². The van der Waals surface area contributed by atoms with Gasteiger partial charge in [0, 0.05) is 6.04 Å². The van der Waals surface area contributed by atoms with Crippen molar-refractivity contribution in [2.75, 3.05) is 18.6 Å². The third kappa shape index (κ3) is 3.42. The summed E-state index contributed by atoms with van der Waals surface area (Å²) in [7, 11) is -1.87. The van der Waals surface area contributed by atoms with Crippen LogP contribution in [0.5, 0.6) is 0 Å². The first kappa shape index (κ1) is 14.4. The zero-order valence-electron chi connectivity index (χ0n) is 10.7. The van der Waals surface area contributed by atoms with Gasteiger partial charge in [-0.25, -0.2) is 8.42 Å². The second-order valence-corrected chi connectivity index (χ2v) is 6.91. The van der Waals surface area contributed by atoms with E-state index in [2.05, 4.69) is 5.32 Å². The molecule has 0 saturated carbocycles. The van der Waals surface area contributed by atoms with E-state index >= 15 is 0 Å². The highest BCUT2D eigenvalue weighted by Crippen LogP contribution is 2.25. The van der Waals surface area contributed by atoms with Crippen LogP contribution in [0.3, 0.4) is 0 Å². The lowest BCUT2D eigenvalue weighted by atomic mass is 9.94. The van der Waals surface area contributed by atoms with E-state index < -0.39 is 21.3 Å². The fourth-order valence-electron chi connectivity index (χ4n) is 2.22. The second kappa shape index (κ2) is 5.35. The lowest BCUT2D eigenvalue weighted by molar-refractivity contribution is -0.148. The molecule has 1 heterocycles. The monoisotopic (exact) mass is 263 g/mol. The van der Waals surface area contributed by atoms with Crippen molar-refractivity contribution in [3.63, 3.8) is 0 Å². The van der Waals surface area contributed by atoms with Gasteiger partial charge in [-0.3, -0.25) is 10.1 Å². The molecule has 1 aliphatic rings. The van der Waals surface area contributed by atoms with Crippen LogP contribution >= 0.6 is 0 Å². The molecule has 0 aromatic rings. The number of rotatable bonds is 4. The van der Waals surface area contributed by atoms with E-state index in [4.69, 9.17) is 4.74 Å². The largest absolute Gasteiger partial charge is 0.468 e. The van der Waals surface area contributed by atoms with Crippen molar-refractivity contribution in [2.45, 2.75) is 44.7 Å². The van der Waals surface area contributed by atoms with Crippen LogP contribution in [0.15, 0.2) is 0 Å². The zero-order chi connectivity index (χ0) is 13.1. The number of ether oxygens (including phenoxy) is 1. The van der Waals surface area contributed by atoms with Crippen molar-refractivity contribution >= 4 is 15.8 Å². The first-order chi connectivity index (χ1) is 7.85. The predicted octanol–water partition coefficient (Wildman–Crippen LogP) is 0.495. The SMILES string of the molecule is CCC(C)NC1(C(=O)OC)CCCS(=O)(=O)C1. The van der Waals surface area contributed by atoms with Crippen molar-refractivity contribution < 1.29 is 17.9 Å². The molecule has 17 heavy (non-hydrogen) atoms. The van der Waals surface area contributed by atoms with Gasteiger partial charge in [0.25, 0.3) is 0 Å². The predicted molar refractivity (Wildman–Crippen MR) is 65.5 cm³/mol. The number of esters is 1. The van der Waals surface area contributed by atoms with E-state index in [1.807, 2.05) is 13.8 Å². The highest BCUT2D eigenvalue weighted by Gasteiger charge is 2.46. The number of carbonyl (C=O) groups excluding carboxylic acids is 1. The molecule has 100 valence electrons. The molecule has 0 aromatic carbocycles. The Labute approximate surface area is 103 Å². The summed E-state index contributed by atoms with van der Waals surface area (Å²) < 4.78 is 28.2. The minimum absolute atomic E-state index is 0.0856. The summed E-state index contributed by atoms with van der Waals surface area (Å²) in [4.78, 5) is 11.9. The Morgan fingerprint density at radius 2 is 2.18 bits per heavy atom. The molecule has 6 heteroatoms. The van der Waals surface area contributed by atoms with Crippen LogP contribution in [0, 0.1) is 0 Å². The summed E-state index contributed by atoms with van der Waals surface area (Å²) in [5, 5.41) is 3.13. The topological polar surface area (TPSA) is 72.5 Å². The molecule has 0 aliphatic carbocycles. The van der Waals surface area contributed by atoms with E-state index in [1.54, 1.807) is 0 Å². The third-order valence-electron chi connectivity index (χ3n) is 3.24. The molecule has 1 rings (SSSR count). The fraction of sp³-hybridized carbons (Fsp3) is 0.909. The number of hydrogen-bond acceptors (Lipinski definition) is 5. The summed E-state index contributed by atoms with van der Waals surface area (Å²) in [6.45, 7) is 3.92. The van der Waals surface area contributed by atoms with E-state index in [9.17, 15) is 13.2 Å². The first-order valence-electron chi connectivity index (χ1n) is 5.92. The lowest BCUT2D eigenvalue weighted by Gasteiger charge is -2.37. The van der Waals surface area contributed by atoms with Gasteiger partial charge in [-0.15, -0.1) is 0 Å². The minimum atomic E-state index is -3.16. The van der Waals surface area contributed by atoms with Crippen molar-refractivity contribution in [3.05, 3.63) is 0 Å². The molecule has 0 radical (unpaired) electrons. The Kier molecular flexibility index (Phi) is 4.55. The zero-order valence-corrected chi connectivity index (χ0v) is 11.5. The lowest BCUT2D eigenvalue weighted by Crippen LogP contribution is -2.61. The summed E-state index contributed by atoms with van der Waals surface area (Å²) >= 11 is 0. The molecule has 2 unspecified atom stereocenters. The number of nitrogens with one attached hydrogen (secondary N) is 1. The molecule has 0 aromatic heterocycles. The van der Waals surface area contributed by atoms with Crippen LogP contribution in [0.2, 0.25) is 0 Å². The van der Waals surface area contributed by atoms with E-state index in [0.29, 0.717) is 12.8 Å². The molecular weight excluding hydrogens is 242 g/mol. The van der Waals surface area contributed by atoms with Crippen LogP contribution in [-0.4, -0.2) is 44.6 Å². The average molecular weight is 263 g/mol. The molecule has 1 saturated heterocycles. The molecule has 1 fully saturated rings. The van der Waals surface area contributed by atoms with Gasteiger partial charge in [0.15, 0.2) is 9.84 Å². The Hall–Kier alpha value is -0.620. The Balaban J connectivity index is 2.97. The molecule has 1 aliphatic heterocycles. The molecule has 2 atom stereocenters. The van der Waals surface area contributed by atoms with Gasteiger partial charge in [0.2, 0.25) is 0 Å². The van der Waals surface area contributed by atoms with E-state index in [0.717, 1.165) is 6.42 Å². The molecular formula is C11H21NO4S. The normalized spacial score (nSPS) is 29.6. The quantitative estimate of drug-likeness (QED) is 0.748. The van der Waals surface area contributed by atoms with Gasteiger partial charge < -0.3 is 4.74 Å². The van der Waals surface area contributed by atoms with Crippen molar-refractivity contribution in [2.24, 2.45) is 0 Å². The van der Waals surface area contributed by atoms with Crippen LogP contribution in [-0.2, 0) is 19.4 Å². The second-order valence-electron chi connectivity index (χ2n) is 4.72. The third-order valence-corrected chi connectivity index (χ3v) is 5.08. The molecule has 0 spiro atoms. The van der Waals surface area contributed by atoms with E-state index in [1.165, 1.54) is 7.11 Å². The van der Waals surface area contributed by atoms with E-state index in [-0.39, 0.29) is 17.5 Å². The molecule has 0 bridgehead atoms. The smallest absolute Gasteiger partial charge is 0.327 e. The highest BCUT2D eigenvalue weighted by molar-refractivity contribution is 7.91. The summed E-state index contributed by atoms with van der Waals surface area (Å²) in [5.41, 5.74) is -1.05. The van der Waals surface area contributed by atoms with Crippen LogP contribution in [0.4, 0.5) is 0 Å².